The van der Waals surface area contributed by atoms with Crippen molar-refractivity contribution in [3.8, 4) is 0 Å². The third-order valence-corrected chi connectivity index (χ3v) is 3.75. The fourth-order valence-electron chi connectivity index (χ4n) is 1.59. The van der Waals surface area contributed by atoms with Crippen molar-refractivity contribution in [3.63, 3.8) is 0 Å². The summed E-state index contributed by atoms with van der Waals surface area (Å²) in [4.78, 5) is 11.9. The van der Waals surface area contributed by atoms with Crippen LogP contribution in [0.4, 0.5) is 10.1 Å². The molecule has 0 spiro atoms. The Hall–Kier alpha value is -1.59. The molecule has 104 valence electrons. The van der Waals surface area contributed by atoms with E-state index >= 15 is 0 Å². The molecule has 2 aromatic rings. The molecule has 0 aromatic heterocycles. The van der Waals surface area contributed by atoms with E-state index < -0.39 is 11.8 Å². The average molecular weight is 359 g/mol. The highest BCUT2D eigenvalue weighted by atomic mass is 79.9. The zero-order valence-electron chi connectivity index (χ0n) is 10.2. The van der Waals surface area contributed by atoms with Crippen LogP contribution in [0.5, 0.6) is 0 Å². The molecule has 6 heteroatoms. The predicted octanol–water partition coefficient (Wildman–Crippen LogP) is 4.18. The molecule has 2 aromatic carbocycles. The number of anilines is 1. The lowest BCUT2D eigenvalue weighted by Crippen LogP contribution is -2.08. The fraction of sp³-hybridized carbons (Fsp3) is 0.0714. The first kappa shape index (κ1) is 14.8. The molecule has 0 saturated carbocycles. The summed E-state index contributed by atoms with van der Waals surface area (Å²) in [5.41, 5.74) is 6.67. The molecule has 0 fully saturated rings. The number of nitrogens with two attached hydrogens (primary N) is 1. The van der Waals surface area contributed by atoms with Gasteiger partial charge in [-0.2, -0.15) is 0 Å². The Labute approximate surface area is 128 Å². The third kappa shape index (κ3) is 3.29. The minimum atomic E-state index is -0.610. The summed E-state index contributed by atoms with van der Waals surface area (Å²) in [7, 11) is 0. The molecule has 20 heavy (non-hydrogen) atoms. The van der Waals surface area contributed by atoms with Crippen molar-refractivity contribution >= 4 is 39.2 Å². The van der Waals surface area contributed by atoms with Crippen molar-refractivity contribution in [1.29, 1.82) is 0 Å². The Balaban J connectivity index is 2.13. The molecule has 0 saturated heterocycles. The molecule has 0 aliphatic carbocycles. The van der Waals surface area contributed by atoms with E-state index in [9.17, 15) is 9.18 Å². The molecule has 0 amide bonds. The minimum absolute atomic E-state index is 0.0663. The highest BCUT2D eigenvalue weighted by Crippen LogP contribution is 2.23. The number of nitrogen functional groups attached to an aromatic ring is 1. The SMILES string of the molecule is Nc1ccc(Cl)cc1C(=O)OCc1cccc(F)c1Br. The second-order valence-electron chi connectivity index (χ2n) is 4.02. The first-order valence-electron chi connectivity index (χ1n) is 5.64. The van der Waals surface area contributed by atoms with Crippen molar-refractivity contribution in [1.82, 2.24) is 0 Å². The van der Waals surface area contributed by atoms with E-state index in [4.69, 9.17) is 22.1 Å². The maximum absolute atomic E-state index is 13.3. The molecule has 2 N–H and O–H groups in total. The summed E-state index contributed by atoms with van der Waals surface area (Å²) in [6.45, 7) is -0.0663. The summed E-state index contributed by atoms with van der Waals surface area (Å²) in [5.74, 6) is -1.03. The molecule has 0 aliphatic heterocycles. The van der Waals surface area contributed by atoms with Gasteiger partial charge in [0.1, 0.15) is 12.4 Å². The molecule has 0 unspecified atom stereocenters. The maximum Gasteiger partial charge on any atom is 0.340 e. The van der Waals surface area contributed by atoms with E-state index in [1.807, 2.05) is 0 Å². The Kier molecular flexibility index (Phi) is 4.62. The number of hydrogen-bond donors (Lipinski definition) is 1. The van der Waals surface area contributed by atoms with Crippen LogP contribution in [0.1, 0.15) is 15.9 Å². The largest absolute Gasteiger partial charge is 0.457 e. The van der Waals surface area contributed by atoms with Crippen LogP contribution < -0.4 is 5.73 Å². The summed E-state index contributed by atoms with van der Waals surface area (Å²) >= 11 is 8.90. The molecular formula is C14H10BrClFNO2. The van der Waals surface area contributed by atoms with Gasteiger partial charge in [0, 0.05) is 16.3 Å². The van der Waals surface area contributed by atoms with Crippen LogP contribution in [0.3, 0.4) is 0 Å². The van der Waals surface area contributed by atoms with Gasteiger partial charge >= 0.3 is 5.97 Å². The minimum Gasteiger partial charge on any atom is -0.457 e. The molecule has 3 nitrogen and oxygen atoms in total. The highest BCUT2D eigenvalue weighted by Gasteiger charge is 2.13. The van der Waals surface area contributed by atoms with Crippen LogP contribution >= 0.6 is 27.5 Å². The van der Waals surface area contributed by atoms with Gasteiger partial charge in [0.15, 0.2) is 0 Å². The maximum atomic E-state index is 13.3. The third-order valence-electron chi connectivity index (χ3n) is 2.63. The number of carbonyl (C=O) groups is 1. The second-order valence-corrected chi connectivity index (χ2v) is 5.25. The summed E-state index contributed by atoms with van der Waals surface area (Å²) in [6.07, 6.45) is 0. The fourth-order valence-corrected chi connectivity index (χ4v) is 2.14. The molecule has 2 rings (SSSR count). The van der Waals surface area contributed by atoms with Crippen molar-refractivity contribution in [2.45, 2.75) is 6.61 Å². The molecule has 0 heterocycles. The first-order valence-corrected chi connectivity index (χ1v) is 6.81. The van der Waals surface area contributed by atoms with Gasteiger partial charge in [-0.15, -0.1) is 0 Å². The standard InChI is InChI=1S/C14H10BrClFNO2/c15-13-8(2-1-3-11(13)17)7-20-14(19)10-6-9(16)4-5-12(10)18/h1-6H,7,18H2. The van der Waals surface area contributed by atoms with Crippen LogP contribution in [0, 0.1) is 5.82 Å². The first-order chi connectivity index (χ1) is 9.49. The number of esters is 1. The number of carbonyl (C=O) groups excluding carboxylic acids is 1. The van der Waals surface area contributed by atoms with Crippen LogP contribution in [0.25, 0.3) is 0 Å². The molecular weight excluding hydrogens is 349 g/mol. The molecule has 0 bridgehead atoms. The lowest BCUT2D eigenvalue weighted by Gasteiger charge is -2.09. The summed E-state index contributed by atoms with van der Waals surface area (Å²) in [5, 5.41) is 0.387. The van der Waals surface area contributed by atoms with Gasteiger partial charge in [-0.1, -0.05) is 23.7 Å². The molecule has 0 radical (unpaired) electrons. The Morgan fingerprint density at radius 1 is 1.35 bits per heavy atom. The quantitative estimate of drug-likeness (QED) is 0.661. The lowest BCUT2D eigenvalue weighted by molar-refractivity contribution is 0.0472. The van der Waals surface area contributed by atoms with E-state index in [-0.39, 0.29) is 22.3 Å². The predicted molar refractivity (Wildman–Crippen MR) is 79.1 cm³/mol. The monoisotopic (exact) mass is 357 g/mol. The van der Waals surface area contributed by atoms with Gasteiger partial charge in [-0.05, 0) is 40.2 Å². The molecule has 0 atom stereocenters. The Morgan fingerprint density at radius 2 is 2.10 bits per heavy atom. The summed E-state index contributed by atoms with van der Waals surface area (Å²) in [6, 6.07) is 9.04. The number of hydrogen-bond acceptors (Lipinski definition) is 3. The van der Waals surface area contributed by atoms with Gasteiger partial charge in [0.05, 0.1) is 10.0 Å². The van der Waals surface area contributed by atoms with Crippen LogP contribution in [0.15, 0.2) is 40.9 Å². The number of halogens is 3. The van der Waals surface area contributed by atoms with E-state index in [2.05, 4.69) is 15.9 Å². The number of benzene rings is 2. The van der Waals surface area contributed by atoms with Crippen molar-refractivity contribution < 1.29 is 13.9 Å². The second kappa shape index (κ2) is 6.24. The van der Waals surface area contributed by atoms with E-state index in [0.717, 1.165) is 0 Å². The van der Waals surface area contributed by atoms with Gasteiger partial charge in [-0.3, -0.25) is 0 Å². The molecule has 0 aliphatic rings. The van der Waals surface area contributed by atoms with Gasteiger partial charge in [0.2, 0.25) is 0 Å². The van der Waals surface area contributed by atoms with E-state index in [1.54, 1.807) is 12.1 Å². The smallest absolute Gasteiger partial charge is 0.340 e. The summed E-state index contributed by atoms with van der Waals surface area (Å²) < 4.78 is 18.7. The topological polar surface area (TPSA) is 52.3 Å². The van der Waals surface area contributed by atoms with Crippen LogP contribution in [0.2, 0.25) is 5.02 Å². The highest BCUT2D eigenvalue weighted by molar-refractivity contribution is 9.10. The van der Waals surface area contributed by atoms with Crippen LogP contribution in [-0.2, 0) is 11.3 Å². The van der Waals surface area contributed by atoms with Gasteiger partial charge in [-0.25, -0.2) is 9.18 Å². The Bertz CT molecular complexity index is 664. The van der Waals surface area contributed by atoms with Crippen molar-refractivity contribution in [3.05, 3.63) is 62.8 Å². The van der Waals surface area contributed by atoms with Gasteiger partial charge < -0.3 is 10.5 Å². The number of ether oxygens (including phenoxy) is 1. The zero-order valence-corrected chi connectivity index (χ0v) is 12.5. The number of rotatable bonds is 3. The van der Waals surface area contributed by atoms with Crippen molar-refractivity contribution in [2.24, 2.45) is 0 Å². The van der Waals surface area contributed by atoms with Crippen LogP contribution in [-0.4, -0.2) is 5.97 Å². The van der Waals surface area contributed by atoms with Gasteiger partial charge in [0.25, 0.3) is 0 Å². The lowest BCUT2D eigenvalue weighted by atomic mass is 10.2. The zero-order chi connectivity index (χ0) is 14.7. The Morgan fingerprint density at radius 3 is 2.85 bits per heavy atom. The normalized spacial score (nSPS) is 10.3. The van der Waals surface area contributed by atoms with E-state index in [1.165, 1.54) is 24.3 Å². The van der Waals surface area contributed by atoms with E-state index in [0.29, 0.717) is 10.6 Å². The van der Waals surface area contributed by atoms with Crippen molar-refractivity contribution in [2.75, 3.05) is 5.73 Å². The average Bonchev–Trinajstić information content (AvgIpc) is 2.43.